The lowest BCUT2D eigenvalue weighted by molar-refractivity contribution is 0.400. The van der Waals surface area contributed by atoms with Gasteiger partial charge in [-0.05, 0) is 67.3 Å². The van der Waals surface area contributed by atoms with Gasteiger partial charge in [0.15, 0.2) is 10.9 Å². The van der Waals surface area contributed by atoms with Crippen LogP contribution in [-0.2, 0) is 6.54 Å². The first kappa shape index (κ1) is 20.1. The van der Waals surface area contributed by atoms with Gasteiger partial charge in [-0.3, -0.25) is 4.68 Å². The predicted molar refractivity (Wildman–Crippen MR) is 108 cm³/mol. The number of benzene rings is 1. The topological polar surface area (TPSA) is 45.1 Å². The lowest BCUT2D eigenvalue weighted by atomic mass is 10.2. The molecule has 1 heterocycles. The van der Waals surface area contributed by atoms with Crippen LogP contribution in [0.1, 0.15) is 12.0 Å². The van der Waals surface area contributed by atoms with Gasteiger partial charge in [-0.25, -0.2) is 4.39 Å². The van der Waals surface area contributed by atoms with Crippen LogP contribution < -0.4 is 10.6 Å². The molecule has 0 aliphatic carbocycles. The third kappa shape index (κ3) is 6.22. The minimum Gasteiger partial charge on any atom is -0.362 e. The summed E-state index contributed by atoms with van der Waals surface area (Å²) in [6.45, 7) is 1.99. The molecule has 0 aliphatic rings. The molecule has 0 aliphatic heterocycles. The maximum Gasteiger partial charge on any atom is 0.172 e. The molecule has 2 aromatic rings. The molecule has 0 atom stereocenters. The van der Waals surface area contributed by atoms with Crippen LogP contribution in [0.25, 0.3) is 0 Å². The number of hydrogen-bond donors (Lipinski definition) is 2. The molecule has 9 heteroatoms. The first-order valence-corrected chi connectivity index (χ1v) is 9.30. The molecule has 5 nitrogen and oxygen atoms in total. The zero-order chi connectivity index (χ0) is 18.4. The van der Waals surface area contributed by atoms with E-state index in [9.17, 15) is 4.39 Å². The summed E-state index contributed by atoms with van der Waals surface area (Å²) < 4.78 is 16.2. The fourth-order valence-corrected chi connectivity index (χ4v) is 2.99. The molecule has 0 amide bonds. The standard InChI is InChI=1S/C16H20BrClFN5S/c1-23(2)8-4-7-20-16(25)21-15-12(17)10-24(22-15)9-11-13(18)5-3-6-14(11)19/h3,5-6,10H,4,7-9H2,1-2H3,(H2,20,21,22,25). The fourth-order valence-electron chi connectivity index (χ4n) is 2.16. The Labute approximate surface area is 165 Å². The first-order chi connectivity index (χ1) is 11.9. The van der Waals surface area contributed by atoms with Crippen molar-refractivity contribution < 1.29 is 4.39 Å². The summed E-state index contributed by atoms with van der Waals surface area (Å²) in [6, 6.07) is 4.61. The Balaban J connectivity index is 1.94. The molecule has 0 spiro atoms. The second kappa shape index (κ2) is 9.47. The maximum atomic E-state index is 13.9. The first-order valence-electron chi connectivity index (χ1n) is 7.72. The summed E-state index contributed by atoms with van der Waals surface area (Å²) in [5.74, 6) is 0.212. The second-order valence-corrected chi connectivity index (χ2v) is 7.43. The van der Waals surface area contributed by atoms with Gasteiger partial charge < -0.3 is 15.5 Å². The van der Waals surface area contributed by atoms with E-state index in [-0.39, 0.29) is 12.4 Å². The fraction of sp³-hybridized carbons (Fsp3) is 0.375. The number of rotatable bonds is 7. The van der Waals surface area contributed by atoms with Crippen LogP contribution in [0, 0.1) is 5.82 Å². The normalized spacial score (nSPS) is 11.0. The van der Waals surface area contributed by atoms with E-state index in [1.54, 1.807) is 23.0 Å². The van der Waals surface area contributed by atoms with E-state index in [0.29, 0.717) is 21.5 Å². The molecule has 0 fully saturated rings. The molecule has 136 valence electrons. The molecule has 25 heavy (non-hydrogen) atoms. The monoisotopic (exact) mass is 447 g/mol. The lowest BCUT2D eigenvalue weighted by Gasteiger charge is -2.11. The van der Waals surface area contributed by atoms with Gasteiger partial charge >= 0.3 is 0 Å². The number of nitrogens with one attached hydrogen (secondary N) is 2. The van der Waals surface area contributed by atoms with E-state index in [0.717, 1.165) is 24.0 Å². The average Bonchev–Trinajstić information content (AvgIpc) is 2.87. The van der Waals surface area contributed by atoms with Gasteiger partial charge in [0.05, 0.1) is 11.0 Å². The Bertz CT molecular complexity index is 717. The van der Waals surface area contributed by atoms with Crippen molar-refractivity contribution in [3.05, 3.63) is 45.3 Å². The smallest absolute Gasteiger partial charge is 0.172 e. The van der Waals surface area contributed by atoms with Gasteiger partial charge in [0, 0.05) is 23.3 Å². The molecule has 1 aromatic heterocycles. The zero-order valence-electron chi connectivity index (χ0n) is 14.0. The zero-order valence-corrected chi connectivity index (χ0v) is 17.2. The number of aromatic nitrogens is 2. The molecule has 0 radical (unpaired) electrons. The lowest BCUT2D eigenvalue weighted by Crippen LogP contribution is -2.31. The summed E-state index contributed by atoms with van der Waals surface area (Å²) in [6.07, 6.45) is 2.73. The highest BCUT2D eigenvalue weighted by molar-refractivity contribution is 9.10. The van der Waals surface area contributed by atoms with Crippen molar-refractivity contribution in [3.63, 3.8) is 0 Å². The third-order valence-corrected chi connectivity index (χ3v) is 4.58. The predicted octanol–water partition coefficient (Wildman–Crippen LogP) is 3.72. The largest absolute Gasteiger partial charge is 0.362 e. The van der Waals surface area contributed by atoms with Gasteiger partial charge in [-0.1, -0.05) is 17.7 Å². The van der Waals surface area contributed by atoms with Crippen molar-refractivity contribution in [2.45, 2.75) is 13.0 Å². The highest BCUT2D eigenvalue weighted by Gasteiger charge is 2.12. The number of hydrogen-bond acceptors (Lipinski definition) is 3. The van der Waals surface area contributed by atoms with Crippen LogP contribution >= 0.6 is 39.7 Å². The van der Waals surface area contributed by atoms with Crippen molar-refractivity contribution in [2.24, 2.45) is 0 Å². The van der Waals surface area contributed by atoms with Crippen LogP contribution in [0.5, 0.6) is 0 Å². The van der Waals surface area contributed by atoms with Crippen molar-refractivity contribution in [1.82, 2.24) is 20.0 Å². The number of thiocarbonyl (C=S) groups is 1. The van der Waals surface area contributed by atoms with Crippen molar-refractivity contribution in [3.8, 4) is 0 Å². The molecule has 0 saturated carbocycles. The van der Waals surface area contributed by atoms with Gasteiger partial charge in [0.25, 0.3) is 0 Å². The van der Waals surface area contributed by atoms with Gasteiger partial charge in [0.2, 0.25) is 0 Å². The number of halogens is 3. The van der Waals surface area contributed by atoms with E-state index in [2.05, 4.69) is 36.6 Å². The Kier molecular flexibility index (Phi) is 7.61. The SMILES string of the molecule is CN(C)CCCNC(=S)Nc1nn(Cc2c(F)cccc2Cl)cc1Br. The van der Waals surface area contributed by atoms with Gasteiger partial charge in [-0.2, -0.15) is 5.10 Å². The quantitative estimate of drug-likeness (QED) is 0.499. The summed E-state index contributed by atoms with van der Waals surface area (Å²) >= 11 is 14.8. The van der Waals surface area contributed by atoms with E-state index >= 15 is 0 Å². The third-order valence-electron chi connectivity index (χ3n) is 3.40. The highest BCUT2D eigenvalue weighted by atomic mass is 79.9. The summed E-state index contributed by atoms with van der Waals surface area (Å²) in [5.41, 5.74) is 0.398. The van der Waals surface area contributed by atoms with E-state index in [1.165, 1.54) is 6.07 Å². The number of anilines is 1. The Morgan fingerprint density at radius 2 is 2.20 bits per heavy atom. The van der Waals surface area contributed by atoms with Crippen LogP contribution in [0.2, 0.25) is 5.02 Å². The van der Waals surface area contributed by atoms with Crippen molar-refractivity contribution in [1.29, 1.82) is 0 Å². The van der Waals surface area contributed by atoms with E-state index < -0.39 is 0 Å². The molecule has 0 saturated heterocycles. The molecule has 2 N–H and O–H groups in total. The molecule has 0 unspecified atom stereocenters. The van der Waals surface area contributed by atoms with Crippen LogP contribution in [0.15, 0.2) is 28.9 Å². The highest BCUT2D eigenvalue weighted by Crippen LogP contribution is 2.24. The molecule has 1 aromatic carbocycles. The summed E-state index contributed by atoms with van der Waals surface area (Å²) in [7, 11) is 4.06. The van der Waals surface area contributed by atoms with Gasteiger partial charge in [0.1, 0.15) is 5.82 Å². The van der Waals surface area contributed by atoms with E-state index in [4.69, 9.17) is 23.8 Å². The summed E-state index contributed by atoms with van der Waals surface area (Å²) in [4.78, 5) is 2.12. The Morgan fingerprint density at radius 3 is 2.88 bits per heavy atom. The van der Waals surface area contributed by atoms with Gasteiger partial charge in [-0.15, -0.1) is 0 Å². The summed E-state index contributed by atoms with van der Waals surface area (Å²) in [5, 5.41) is 11.4. The van der Waals surface area contributed by atoms with Crippen LogP contribution in [0.3, 0.4) is 0 Å². The average molecular weight is 449 g/mol. The molecule has 2 rings (SSSR count). The molecular formula is C16H20BrClFN5S. The molecule has 0 bridgehead atoms. The second-order valence-electron chi connectivity index (χ2n) is 5.76. The Hall–Kier alpha value is -1.22. The Morgan fingerprint density at radius 1 is 1.44 bits per heavy atom. The van der Waals surface area contributed by atoms with Crippen LogP contribution in [0.4, 0.5) is 10.2 Å². The van der Waals surface area contributed by atoms with Crippen molar-refractivity contribution >= 4 is 50.7 Å². The molecular weight excluding hydrogens is 429 g/mol. The van der Waals surface area contributed by atoms with Crippen LogP contribution in [-0.4, -0.2) is 47.0 Å². The minimum absolute atomic E-state index is 0.231. The van der Waals surface area contributed by atoms with Crippen molar-refractivity contribution in [2.75, 3.05) is 32.5 Å². The maximum absolute atomic E-state index is 13.9. The minimum atomic E-state index is -0.355. The van der Waals surface area contributed by atoms with E-state index in [1.807, 2.05) is 14.1 Å². The number of nitrogens with zero attached hydrogens (tertiary/aromatic N) is 3.